The Balaban J connectivity index is 2.58. The number of anilines is 1. The molecule has 0 saturated carbocycles. The summed E-state index contributed by atoms with van der Waals surface area (Å²) >= 11 is 0. The maximum atomic E-state index is 11.5. The van der Waals surface area contributed by atoms with Gasteiger partial charge in [0.2, 0.25) is 0 Å². The van der Waals surface area contributed by atoms with Crippen LogP contribution in [0.15, 0.2) is 18.2 Å². The van der Waals surface area contributed by atoms with Crippen molar-refractivity contribution in [2.24, 2.45) is 0 Å². The molecule has 1 aromatic carbocycles. The van der Waals surface area contributed by atoms with Crippen molar-refractivity contribution in [2.45, 2.75) is 39.8 Å². The second-order valence-corrected chi connectivity index (χ2v) is 5.16. The number of alkyl carbamates (subject to hydrolysis) is 1. The summed E-state index contributed by atoms with van der Waals surface area (Å²) in [5, 5.41) is 2.69. The van der Waals surface area contributed by atoms with Gasteiger partial charge < -0.3 is 20.5 Å². The molecule has 0 heterocycles. The van der Waals surface area contributed by atoms with Crippen LogP contribution in [0.4, 0.5) is 10.5 Å². The summed E-state index contributed by atoms with van der Waals surface area (Å²) < 4.78 is 10.6. The third-order valence-electron chi connectivity index (χ3n) is 2.21. The van der Waals surface area contributed by atoms with Crippen LogP contribution in [0.1, 0.15) is 33.3 Å². The van der Waals surface area contributed by atoms with Gasteiger partial charge >= 0.3 is 6.09 Å². The first-order valence-electron chi connectivity index (χ1n) is 6.30. The summed E-state index contributed by atoms with van der Waals surface area (Å²) in [7, 11) is 0. The van der Waals surface area contributed by atoms with Crippen LogP contribution in [-0.4, -0.2) is 18.3 Å². The average molecular weight is 266 g/mol. The molecule has 1 aromatic rings. The number of carbonyl (C=O) groups excluding carboxylic acids is 1. The van der Waals surface area contributed by atoms with Gasteiger partial charge in [-0.25, -0.2) is 4.79 Å². The third kappa shape index (κ3) is 5.50. The van der Waals surface area contributed by atoms with Crippen LogP contribution in [0, 0.1) is 0 Å². The van der Waals surface area contributed by atoms with Gasteiger partial charge in [0, 0.05) is 6.54 Å². The van der Waals surface area contributed by atoms with E-state index in [0.717, 1.165) is 5.56 Å². The van der Waals surface area contributed by atoms with Gasteiger partial charge in [-0.1, -0.05) is 6.07 Å². The van der Waals surface area contributed by atoms with Gasteiger partial charge in [-0.2, -0.15) is 0 Å². The molecule has 3 N–H and O–H groups in total. The lowest BCUT2D eigenvalue weighted by Gasteiger charge is -2.19. The SMILES string of the molecule is CCOc1cc(CNC(=O)OC(C)(C)C)ccc1N. The number of carbonyl (C=O) groups is 1. The van der Waals surface area contributed by atoms with Crippen molar-refractivity contribution in [1.82, 2.24) is 5.32 Å². The van der Waals surface area contributed by atoms with Gasteiger partial charge in [0.1, 0.15) is 11.4 Å². The van der Waals surface area contributed by atoms with E-state index in [0.29, 0.717) is 24.6 Å². The monoisotopic (exact) mass is 266 g/mol. The van der Waals surface area contributed by atoms with Crippen LogP contribution in [0.3, 0.4) is 0 Å². The molecular weight excluding hydrogens is 244 g/mol. The number of benzene rings is 1. The van der Waals surface area contributed by atoms with Crippen molar-refractivity contribution in [1.29, 1.82) is 0 Å². The summed E-state index contributed by atoms with van der Waals surface area (Å²) in [6.45, 7) is 8.28. The Morgan fingerprint density at radius 1 is 1.37 bits per heavy atom. The lowest BCUT2D eigenvalue weighted by atomic mass is 10.2. The number of ether oxygens (including phenoxy) is 2. The fourth-order valence-corrected chi connectivity index (χ4v) is 1.46. The fraction of sp³-hybridized carbons (Fsp3) is 0.500. The third-order valence-corrected chi connectivity index (χ3v) is 2.21. The zero-order chi connectivity index (χ0) is 14.5. The molecule has 1 amide bonds. The van der Waals surface area contributed by atoms with Crippen LogP contribution in [0.5, 0.6) is 5.75 Å². The summed E-state index contributed by atoms with van der Waals surface area (Å²) in [5.74, 6) is 0.631. The van der Waals surface area contributed by atoms with E-state index >= 15 is 0 Å². The van der Waals surface area contributed by atoms with Crippen LogP contribution >= 0.6 is 0 Å². The fourth-order valence-electron chi connectivity index (χ4n) is 1.46. The van der Waals surface area contributed by atoms with Gasteiger partial charge in [0.15, 0.2) is 0 Å². The van der Waals surface area contributed by atoms with Gasteiger partial charge in [-0.15, -0.1) is 0 Å². The summed E-state index contributed by atoms with van der Waals surface area (Å²) in [4.78, 5) is 11.5. The standard InChI is InChI=1S/C14H22N2O3/c1-5-18-12-8-10(6-7-11(12)15)9-16-13(17)19-14(2,3)4/h6-8H,5,9,15H2,1-4H3,(H,16,17). The Morgan fingerprint density at radius 2 is 2.05 bits per heavy atom. The lowest BCUT2D eigenvalue weighted by Crippen LogP contribution is -2.32. The predicted molar refractivity (Wildman–Crippen MR) is 75.1 cm³/mol. The van der Waals surface area contributed by atoms with Gasteiger partial charge in [-0.05, 0) is 45.4 Å². The first kappa shape index (κ1) is 15.1. The number of amides is 1. The summed E-state index contributed by atoms with van der Waals surface area (Å²) in [6.07, 6.45) is -0.442. The number of nitrogens with two attached hydrogens (primary N) is 1. The summed E-state index contributed by atoms with van der Waals surface area (Å²) in [5.41, 5.74) is 6.77. The Morgan fingerprint density at radius 3 is 2.63 bits per heavy atom. The topological polar surface area (TPSA) is 73.6 Å². The molecule has 0 aromatic heterocycles. The second kappa shape index (κ2) is 6.31. The number of nitrogens with one attached hydrogen (secondary N) is 1. The van der Waals surface area contributed by atoms with E-state index < -0.39 is 11.7 Å². The first-order chi connectivity index (χ1) is 8.81. The van der Waals surface area contributed by atoms with E-state index in [2.05, 4.69) is 5.32 Å². The molecule has 0 radical (unpaired) electrons. The van der Waals surface area contributed by atoms with E-state index in [4.69, 9.17) is 15.2 Å². The first-order valence-corrected chi connectivity index (χ1v) is 6.30. The Hall–Kier alpha value is -1.91. The lowest BCUT2D eigenvalue weighted by molar-refractivity contribution is 0.0523. The molecule has 0 saturated heterocycles. The maximum absolute atomic E-state index is 11.5. The minimum Gasteiger partial charge on any atom is -0.492 e. The molecule has 0 atom stereocenters. The number of rotatable bonds is 4. The molecule has 0 unspecified atom stereocenters. The highest BCUT2D eigenvalue weighted by atomic mass is 16.6. The van der Waals surface area contributed by atoms with Crippen molar-refractivity contribution in [3.8, 4) is 5.75 Å². The van der Waals surface area contributed by atoms with Crippen LogP contribution < -0.4 is 15.8 Å². The largest absolute Gasteiger partial charge is 0.492 e. The highest BCUT2D eigenvalue weighted by Crippen LogP contribution is 2.22. The van der Waals surface area contributed by atoms with E-state index in [1.165, 1.54) is 0 Å². The van der Waals surface area contributed by atoms with E-state index in [9.17, 15) is 4.79 Å². The molecule has 0 spiro atoms. The van der Waals surface area contributed by atoms with Gasteiger partial charge in [0.05, 0.1) is 12.3 Å². The molecule has 0 aliphatic rings. The molecule has 19 heavy (non-hydrogen) atoms. The Kier molecular flexibility index (Phi) is 5.03. The van der Waals surface area contributed by atoms with E-state index in [-0.39, 0.29) is 0 Å². The molecule has 0 aliphatic carbocycles. The molecule has 5 heteroatoms. The van der Waals surface area contributed by atoms with Gasteiger partial charge in [-0.3, -0.25) is 0 Å². The van der Waals surface area contributed by atoms with Crippen molar-refractivity contribution in [3.05, 3.63) is 23.8 Å². The van der Waals surface area contributed by atoms with E-state index in [1.54, 1.807) is 6.07 Å². The summed E-state index contributed by atoms with van der Waals surface area (Å²) in [6, 6.07) is 5.42. The van der Waals surface area contributed by atoms with Crippen molar-refractivity contribution < 1.29 is 14.3 Å². The smallest absolute Gasteiger partial charge is 0.407 e. The molecule has 0 bridgehead atoms. The highest BCUT2D eigenvalue weighted by Gasteiger charge is 2.15. The zero-order valence-electron chi connectivity index (χ0n) is 11.9. The maximum Gasteiger partial charge on any atom is 0.407 e. The minimum absolute atomic E-state index is 0.370. The zero-order valence-corrected chi connectivity index (χ0v) is 11.9. The van der Waals surface area contributed by atoms with Crippen molar-refractivity contribution in [2.75, 3.05) is 12.3 Å². The van der Waals surface area contributed by atoms with Crippen molar-refractivity contribution in [3.63, 3.8) is 0 Å². The van der Waals surface area contributed by atoms with Crippen LogP contribution in [0.2, 0.25) is 0 Å². The Bertz CT molecular complexity index is 439. The quantitative estimate of drug-likeness (QED) is 0.822. The molecule has 1 rings (SSSR count). The molecule has 0 aliphatic heterocycles. The number of nitrogen functional groups attached to an aromatic ring is 1. The second-order valence-electron chi connectivity index (χ2n) is 5.16. The van der Waals surface area contributed by atoms with Crippen LogP contribution in [0.25, 0.3) is 0 Å². The number of hydrogen-bond acceptors (Lipinski definition) is 4. The minimum atomic E-state index is -0.498. The highest BCUT2D eigenvalue weighted by molar-refractivity contribution is 5.67. The van der Waals surface area contributed by atoms with Crippen LogP contribution in [-0.2, 0) is 11.3 Å². The molecule has 5 nitrogen and oxygen atoms in total. The average Bonchev–Trinajstić information content (AvgIpc) is 2.28. The number of hydrogen-bond donors (Lipinski definition) is 2. The van der Waals surface area contributed by atoms with Gasteiger partial charge in [0.25, 0.3) is 0 Å². The molecular formula is C14H22N2O3. The predicted octanol–water partition coefficient (Wildman–Crippen LogP) is 2.69. The Labute approximate surface area is 114 Å². The molecule has 106 valence electrons. The van der Waals surface area contributed by atoms with E-state index in [1.807, 2.05) is 39.8 Å². The normalized spacial score (nSPS) is 10.9. The van der Waals surface area contributed by atoms with Crippen molar-refractivity contribution >= 4 is 11.8 Å². The molecule has 0 fully saturated rings.